The number of ether oxygens (including phenoxy) is 1. The quantitative estimate of drug-likeness (QED) is 0.0850. The van der Waals surface area contributed by atoms with E-state index < -0.39 is 35.9 Å². The van der Waals surface area contributed by atoms with Crippen molar-refractivity contribution in [1.82, 2.24) is 0 Å². The van der Waals surface area contributed by atoms with Gasteiger partial charge < -0.3 is 50.7 Å². The fourth-order valence-electron chi connectivity index (χ4n) is 8.28. The summed E-state index contributed by atoms with van der Waals surface area (Å²) in [5, 5.41) is 98.0. The number of aliphatic hydroxyl groups is 1. The Balaban J connectivity index is 1.47. The van der Waals surface area contributed by atoms with E-state index in [9.17, 15) is 46.0 Å². The van der Waals surface area contributed by atoms with E-state index in [2.05, 4.69) is 0 Å². The lowest BCUT2D eigenvalue weighted by Crippen LogP contribution is -2.19. The summed E-state index contributed by atoms with van der Waals surface area (Å²) < 4.78 is 6.64. The van der Waals surface area contributed by atoms with Crippen LogP contribution in [0.5, 0.6) is 51.7 Å². The van der Waals surface area contributed by atoms with Gasteiger partial charge in [-0.25, -0.2) is 0 Å². The van der Waals surface area contributed by atoms with E-state index in [0.717, 1.165) is 0 Å². The Labute approximate surface area is 297 Å². The zero-order valence-corrected chi connectivity index (χ0v) is 27.4. The Hall–Kier alpha value is -6.52. The predicted molar refractivity (Wildman–Crippen MR) is 189 cm³/mol. The van der Waals surface area contributed by atoms with Gasteiger partial charge in [0, 0.05) is 47.1 Å². The molecule has 0 fully saturated rings. The maximum atomic E-state index is 12.5. The monoisotopic (exact) mass is 698 g/mol. The molecule has 0 saturated heterocycles. The molecule has 8 rings (SSSR count). The zero-order valence-electron chi connectivity index (χ0n) is 27.4. The molecular weight excluding hydrogens is 664 g/mol. The maximum Gasteiger partial charge on any atom is 0.135 e. The Morgan fingerprint density at radius 2 is 0.904 bits per heavy atom. The third-order valence-electron chi connectivity index (χ3n) is 10.3. The molecule has 6 aromatic carbocycles. The minimum Gasteiger partial charge on any atom is -0.508 e. The lowest BCUT2D eigenvalue weighted by molar-refractivity contribution is 0.134. The second kappa shape index (κ2) is 12.4. The first-order valence-electron chi connectivity index (χ1n) is 16.6. The Morgan fingerprint density at radius 1 is 0.423 bits per heavy atom. The molecular formula is C42H34O10. The molecule has 262 valence electrons. The number of rotatable bonds is 6. The maximum absolute atomic E-state index is 12.5. The summed E-state index contributed by atoms with van der Waals surface area (Å²) in [6.07, 6.45) is -2.09. The number of fused-ring (bicyclic) bond motifs is 3. The lowest BCUT2D eigenvalue weighted by Gasteiger charge is -2.31. The molecule has 9 N–H and O–H groups in total. The molecule has 0 aromatic heterocycles. The summed E-state index contributed by atoms with van der Waals surface area (Å²) in [4.78, 5) is 0. The number of hydrogen-bond acceptors (Lipinski definition) is 10. The molecule has 10 heteroatoms. The summed E-state index contributed by atoms with van der Waals surface area (Å²) in [5.74, 6) is -3.76. The Kier molecular flexibility index (Phi) is 7.77. The summed E-state index contributed by atoms with van der Waals surface area (Å²) in [6, 6.07) is 28.9. The second-order valence-electron chi connectivity index (χ2n) is 13.5. The van der Waals surface area contributed by atoms with Crippen molar-refractivity contribution in [2.24, 2.45) is 0 Å². The van der Waals surface area contributed by atoms with Gasteiger partial charge in [0.1, 0.15) is 57.8 Å². The first kappa shape index (κ1) is 32.7. The molecule has 1 heterocycles. The third-order valence-corrected chi connectivity index (χ3v) is 10.3. The van der Waals surface area contributed by atoms with Gasteiger partial charge in [-0.15, -0.1) is 0 Å². The van der Waals surface area contributed by atoms with Crippen LogP contribution in [0.4, 0.5) is 0 Å². The van der Waals surface area contributed by atoms with Crippen LogP contribution in [0, 0.1) is 0 Å². The van der Waals surface area contributed by atoms with Gasteiger partial charge >= 0.3 is 0 Å². The summed E-state index contributed by atoms with van der Waals surface area (Å²) in [6.45, 7) is 0. The van der Waals surface area contributed by atoms with Crippen molar-refractivity contribution in [2.75, 3.05) is 0 Å². The molecule has 0 spiro atoms. The van der Waals surface area contributed by atoms with E-state index in [0.29, 0.717) is 44.5 Å². The highest BCUT2D eigenvalue weighted by atomic mass is 16.5. The fourth-order valence-corrected chi connectivity index (χ4v) is 8.28. The van der Waals surface area contributed by atoms with Gasteiger partial charge in [-0.3, -0.25) is 0 Å². The average Bonchev–Trinajstić information content (AvgIpc) is 3.65. The molecule has 0 unspecified atom stereocenters. The first-order chi connectivity index (χ1) is 25.0. The average molecular weight is 699 g/mol. The molecule has 1 aliphatic carbocycles. The van der Waals surface area contributed by atoms with E-state index in [1.807, 2.05) is 0 Å². The highest BCUT2D eigenvalue weighted by Crippen LogP contribution is 2.66. The van der Waals surface area contributed by atoms with E-state index in [1.165, 1.54) is 78.9 Å². The van der Waals surface area contributed by atoms with Crippen LogP contribution >= 0.6 is 0 Å². The standard InChI is InChI=1S/C42H34O10/c43-25-7-1-20(2-8-25)34-35(23-13-28(46)17-29(47)14-23)40(41(51)21-3-9-26(44)10-4-21)39-37(34)32(50)19-33-38(39)36(24-15-30(48)18-31(49)16-24)42(52-33)22-5-11-27(45)12-6-22/h1-19,34-36,40-51H/t34-,35-,36-,40+,41-,42+/m1/s1. The molecule has 0 bridgehead atoms. The molecule has 0 radical (unpaired) electrons. The highest BCUT2D eigenvalue weighted by molar-refractivity contribution is 5.68. The van der Waals surface area contributed by atoms with Crippen molar-refractivity contribution in [3.8, 4) is 51.7 Å². The van der Waals surface area contributed by atoms with Crippen molar-refractivity contribution < 1.29 is 50.7 Å². The SMILES string of the molecule is Oc1ccc([C@H]2c3c(O)cc4c(c3[C@@H]([C@H](O)c3ccc(O)cc3)[C@@H]2c2cc(O)cc(O)c2)[C@@H](c2cc(O)cc(O)c2)[C@H](c2ccc(O)cc2)O4)cc1. The van der Waals surface area contributed by atoms with Crippen LogP contribution in [0.3, 0.4) is 0 Å². The molecule has 6 atom stereocenters. The minimum absolute atomic E-state index is 0.00775. The van der Waals surface area contributed by atoms with Gasteiger partial charge in [0.25, 0.3) is 0 Å². The van der Waals surface area contributed by atoms with E-state index in [-0.39, 0.29) is 51.7 Å². The minimum atomic E-state index is -1.30. The molecule has 52 heavy (non-hydrogen) atoms. The molecule has 6 aromatic rings. The molecule has 0 saturated carbocycles. The van der Waals surface area contributed by atoms with Gasteiger partial charge in [-0.2, -0.15) is 0 Å². The van der Waals surface area contributed by atoms with Gasteiger partial charge in [-0.1, -0.05) is 36.4 Å². The highest BCUT2D eigenvalue weighted by Gasteiger charge is 2.52. The number of hydrogen-bond donors (Lipinski definition) is 9. The third kappa shape index (κ3) is 5.50. The number of aromatic hydroxyl groups is 8. The van der Waals surface area contributed by atoms with Crippen LogP contribution in [0.25, 0.3) is 0 Å². The van der Waals surface area contributed by atoms with E-state index in [1.54, 1.807) is 36.4 Å². The van der Waals surface area contributed by atoms with Crippen molar-refractivity contribution >= 4 is 0 Å². The Bertz CT molecular complexity index is 2260. The molecule has 2 aliphatic rings. The zero-order chi connectivity index (χ0) is 36.4. The van der Waals surface area contributed by atoms with Crippen LogP contribution in [-0.4, -0.2) is 46.0 Å². The molecule has 0 amide bonds. The number of phenolic OH excluding ortho intramolecular Hbond substituents is 8. The second-order valence-corrected chi connectivity index (χ2v) is 13.5. The van der Waals surface area contributed by atoms with Gasteiger partial charge in [-0.05, 0) is 94.0 Å². The summed E-state index contributed by atoms with van der Waals surface area (Å²) in [5.41, 5.74) is 4.17. The van der Waals surface area contributed by atoms with Gasteiger partial charge in [0.2, 0.25) is 0 Å². The smallest absolute Gasteiger partial charge is 0.135 e. The van der Waals surface area contributed by atoms with Crippen LogP contribution in [-0.2, 0) is 0 Å². The lowest BCUT2D eigenvalue weighted by atomic mass is 9.73. The molecule has 10 nitrogen and oxygen atoms in total. The van der Waals surface area contributed by atoms with Crippen LogP contribution in [0.2, 0.25) is 0 Å². The number of aliphatic hydroxyl groups excluding tert-OH is 1. The van der Waals surface area contributed by atoms with E-state index >= 15 is 0 Å². The Morgan fingerprint density at radius 3 is 1.44 bits per heavy atom. The van der Waals surface area contributed by atoms with Crippen LogP contribution < -0.4 is 4.74 Å². The fraction of sp³-hybridized carbons (Fsp3) is 0.143. The van der Waals surface area contributed by atoms with Crippen LogP contribution in [0.15, 0.2) is 115 Å². The van der Waals surface area contributed by atoms with Gasteiger partial charge in [0.05, 0.1) is 12.0 Å². The van der Waals surface area contributed by atoms with E-state index in [4.69, 9.17) is 4.74 Å². The number of phenols is 8. The number of benzene rings is 6. The first-order valence-corrected chi connectivity index (χ1v) is 16.6. The molecule has 1 aliphatic heterocycles. The van der Waals surface area contributed by atoms with Gasteiger partial charge in [0.15, 0.2) is 0 Å². The largest absolute Gasteiger partial charge is 0.508 e. The van der Waals surface area contributed by atoms with Crippen molar-refractivity contribution in [3.63, 3.8) is 0 Å². The predicted octanol–water partition coefficient (Wildman–Crippen LogP) is 7.34. The summed E-state index contributed by atoms with van der Waals surface area (Å²) >= 11 is 0. The van der Waals surface area contributed by atoms with Crippen molar-refractivity contribution in [1.29, 1.82) is 0 Å². The van der Waals surface area contributed by atoms with Crippen LogP contribution in [0.1, 0.15) is 80.4 Å². The normalized spacial score (nSPS) is 20.9. The topological polar surface area (TPSA) is 191 Å². The van der Waals surface area contributed by atoms with Crippen molar-refractivity contribution in [2.45, 2.75) is 35.9 Å². The van der Waals surface area contributed by atoms with Crippen molar-refractivity contribution in [3.05, 3.63) is 160 Å². The summed E-state index contributed by atoms with van der Waals surface area (Å²) in [7, 11) is 0.